The van der Waals surface area contributed by atoms with Crippen LogP contribution in [0.5, 0.6) is 0 Å². The summed E-state index contributed by atoms with van der Waals surface area (Å²) in [6, 6.07) is 9.51. The Balaban J connectivity index is 1.92. The normalized spacial score (nSPS) is 15.8. The van der Waals surface area contributed by atoms with Crippen molar-refractivity contribution < 1.29 is 38.8 Å². The number of hydrogen-bond donors (Lipinski definition) is 5. The number of carbonyl (C=O) groups excluding carboxylic acids is 5. The second kappa shape index (κ2) is 18.2. The number of carboxylic acids is 1. The number of nitro benzene ring substituents is 1. The Kier molecular flexibility index (Phi) is 14.2. The molecule has 1 saturated heterocycles. The summed E-state index contributed by atoms with van der Waals surface area (Å²) in [5, 5.41) is 25.3. The molecule has 49 heavy (non-hydrogen) atoms. The summed E-state index contributed by atoms with van der Waals surface area (Å²) in [5.74, 6) is -4.49. The maximum Gasteiger partial charge on any atom is 0.303 e. The fourth-order valence-corrected chi connectivity index (χ4v) is 5.67. The number of non-ortho nitro benzene ring substituents is 1. The number of aliphatic carboxylic acids is 1. The van der Waals surface area contributed by atoms with E-state index >= 15 is 0 Å². The maximum absolute atomic E-state index is 14.4. The van der Waals surface area contributed by atoms with Crippen molar-refractivity contribution in [2.24, 2.45) is 11.5 Å². The number of unbranched alkanes of at least 4 members (excludes halogenated alkanes) is 1. The quantitative estimate of drug-likeness (QED) is 0.0848. The summed E-state index contributed by atoms with van der Waals surface area (Å²) in [4.78, 5) is 90.8. The number of nitro groups is 1. The number of primary amides is 1. The molecular weight excluding hydrogens is 638 g/mol. The van der Waals surface area contributed by atoms with Crippen molar-refractivity contribution in [2.45, 2.75) is 82.5 Å². The third-order valence-electron chi connectivity index (χ3n) is 8.20. The monoisotopic (exact) mass is 681 g/mol. The van der Waals surface area contributed by atoms with Crippen LogP contribution in [0, 0.1) is 10.1 Å². The molecule has 0 spiro atoms. The number of anilines is 1. The van der Waals surface area contributed by atoms with E-state index in [0.717, 1.165) is 0 Å². The number of benzene rings is 2. The van der Waals surface area contributed by atoms with Gasteiger partial charge in [0.25, 0.3) is 11.6 Å². The van der Waals surface area contributed by atoms with Gasteiger partial charge in [-0.15, -0.1) is 0 Å². The number of rotatable bonds is 18. The second-order valence-electron chi connectivity index (χ2n) is 11.8. The van der Waals surface area contributed by atoms with Gasteiger partial charge in [-0.1, -0.05) is 30.3 Å². The topological polar surface area (TPSA) is 248 Å². The van der Waals surface area contributed by atoms with Crippen LogP contribution in [0.2, 0.25) is 0 Å². The fraction of sp³-hybridized carbons (Fsp3) is 0.455. The molecule has 4 atom stereocenters. The Morgan fingerprint density at radius 1 is 1.02 bits per heavy atom. The molecule has 1 heterocycles. The lowest BCUT2D eigenvalue weighted by Gasteiger charge is -2.36. The van der Waals surface area contributed by atoms with Gasteiger partial charge in [0.1, 0.15) is 24.2 Å². The number of carboxylic acid groups (broad SMARTS) is 1. The molecule has 7 N–H and O–H groups in total. The van der Waals surface area contributed by atoms with Gasteiger partial charge in [0.05, 0.1) is 11.3 Å². The van der Waals surface area contributed by atoms with Crippen LogP contribution in [-0.2, 0) is 35.2 Å². The molecule has 16 heteroatoms. The van der Waals surface area contributed by atoms with Gasteiger partial charge in [0, 0.05) is 37.2 Å². The van der Waals surface area contributed by atoms with Gasteiger partial charge in [0.2, 0.25) is 23.6 Å². The molecule has 5 amide bonds. The van der Waals surface area contributed by atoms with Crippen LogP contribution in [-0.4, -0.2) is 87.7 Å². The molecule has 0 aromatic heterocycles. The maximum atomic E-state index is 14.4. The van der Waals surface area contributed by atoms with Crippen LogP contribution in [0.25, 0.3) is 0 Å². The predicted octanol–water partition coefficient (Wildman–Crippen LogP) is 0.999. The standard InChI is InChI=1S/C33H43N7O9/c1-21(36-28(41)16-17-29(42)43)31(45)37-25(20-22-8-3-2-4-9-22)32(46)38-19-7-11-27(38)33(47)39(26(30(35)44)10-5-6-18-34)23-12-14-24(15-13-23)40(48)49/h2-4,8-9,12-15,21,25-27H,5-7,10-11,16-20,34H2,1H3,(H2,35,44)(H,36,41)(H,37,45)(H,42,43). The molecule has 0 radical (unpaired) electrons. The lowest BCUT2D eigenvalue weighted by molar-refractivity contribution is -0.384. The van der Waals surface area contributed by atoms with Crippen molar-refractivity contribution in [3.05, 3.63) is 70.3 Å². The zero-order valence-electron chi connectivity index (χ0n) is 27.3. The average Bonchev–Trinajstić information content (AvgIpc) is 3.57. The van der Waals surface area contributed by atoms with E-state index in [1.54, 1.807) is 30.3 Å². The molecule has 16 nitrogen and oxygen atoms in total. The van der Waals surface area contributed by atoms with Crippen molar-refractivity contribution in [3.8, 4) is 0 Å². The van der Waals surface area contributed by atoms with E-state index in [0.29, 0.717) is 31.4 Å². The van der Waals surface area contributed by atoms with E-state index in [1.165, 1.54) is 41.0 Å². The van der Waals surface area contributed by atoms with Crippen LogP contribution in [0.3, 0.4) is 0 Å². The summed E-state index contributed by atoms with van der Waals surface area (Å²) >= 11 is 0. The van der Waals surface area contributed by atoms with Gasteiger partial charge in [0.15, 0.2) is 0 Å². The van der Waals surface area contributed by atoms with Crippen molar-refractivity contribution in [2.75, 3.05) is 18.0 Å². The van der Waals surface area contributed by atoms with Crippen LogP contribution in [0.1, 0.15) is 57.4 Å². The highest BCUT2D eigenvalue weighted by Crippen LogP contribution is 2.29. The largest absolute Gasteiger partial charge is 0.481 e. The zero-order valence-corrected chi connectivity index (χ0v) is 27.3. The van der Waals surface area contributed by atoms with Crippen LogP contribution < -0.4 is 27.0 Å². The highest BCUT2D eigenvalue weighted by atomic mass is 16.6. The third-order valence-corrected chi connectivity index (χ3v) is 8.20. The van der Waals surface area contributed by atoms with Gasteiger partial charge >= 0.3 is 5.97 Å². The van der Waals surface area contributed by atoms with Crippen molar-refractivity contribution >= 4 is 46.9 Å². The molecular formula is C33H43N7O9. The Morgan fingerprint density at radius 2 is 1.69 bits per heavy atom. The molecule has 1 fully saturated rings. The van der Waals surface area contributed by atoms with E-state index in [1.807, 2.05) is 0 Å². The molecule has 0 saturated carbocycles. The lowest BCUT2D eigenvalue weighted by Crippen LogP contribution is -2.59. The number of nitrogens with one attached hydrogen (secondary N) is 2. The molecule has 0 bridgehead atoms. The van der Waals surface area contributed by atoms with Crippen LogP contribution in [0.4, 0.5) is 11.4 Å². The fourth-order valence-electron chi connectivity index (χ4n) is 5.67. The minimum atomic E-state index is -1.17. The first-order chi connectivity index (χ1) is 23.3. The zero-order chi connectivity index (χ0) is 36.1. The molecule has 2 aromatic rings. The second-order valence-corrected chi connectivity index (χ2v) is 11.8. The number of hydrogen-bond acceptors (Lipinski definition) is 9. The Morgan fingerprint density at radius 3 is 2.29 bits per heavy atom. The number of nitrogens with two attached hydrogens (primary N) is 2. The van der Waals surface area contributed by atoms with Gasteiger partial charge in [-0.25, -0.2) is 0 Å². The van der Waals surface area contributed by atoms with Gasteiger partial charge < -0.3 is 32.1 Å². The number of amides is 5. The highest BCUT2D eigenvalue weighted by molar-refractivity contribution is 6.05. The number of nitrogens with zero attached hydrogens (tertiary/aromatic N) is 3. The Hall–Kier alpha value is -5.38. The first-order valence-electron chi connectivity index (χ1n) is 16.1. The van der Waals surface area contributed by atoms with Gasteiger partial charge in [-0.05, 0) is 63.3 Å². The Bertz CT molecular complexity index is 1500. The molecule has 2 aromatic carbocycles. The summed E-state index contributed by atoms with van der Waals surface area (Å²) in [6.45, 7) is 1.92. The highest BCUT2D eigenvalue weighted by Gasteiger charge is 2.42. The number of likely N-dealkylation sites (tertiary alicyclic amines) is 1. The summed E-state index contributed by atoms with van der Waals surface area (Å²) < 4.78 is 0. The molecule has 264 valence electrons. The number of carbonyl (C=O) groups is 6. The van der Waals surface area contributed by atoms with E-state index < -0.39 is 71.0 Å². The molecule has 1 aliphatic rings. The molecule has 3 rings (SSSR count). The first kappa shape index (κ1) is 38.1. The average molecular weight is 682 g/mol. The Labute approximate surface area is 283 Å². The van der Waals surface area contributed by atoms with Crippen molar-refractivity contribution in [3.63, 3.8) is 0 Å². The van der Waals surface area contributed by atoms with Crippen molar-refractivity contribution in [1.29, 1.82) is 0 Å². The summed E-state index contributed by atoms with van der Waals surface area (Å²) in [7, 11) is 0. The van der Waals surface area contributed by atoms with Crippen molar-refractivity contribution in [1.82, 2.24) is 15.5 Å². The van der Waals surface area contributed by atoms with Crippen LogP contribution >= 0.6 is 0 Å². The van der Waals surface area contributed by atoms with E-state index in [9.17, 15) is 38.9 Å². The van der Waals surface area contributed by atoms with E-state index in [-0.39, 0.29) is 43.6 Å². The molecule has 1 aliphatic heterocycles. The summed E-state index contributed by atoms with van der Waals surface area (Å²) in [5.41, 5.74) is 12.1. The smallest absolute Gasteiger partial charge is 0.303 e. The van der Waals surface area contributed by atoms with E-state index in [4.69, 9.17) is 16.6 Å². The summed E-state index contributed by atoms with van der Waals surface area (Å²) in [6.07, 6.45) is 1.16. The predicted molar refractivity (Wildman–Crippen MR) is 178 cm³/mol. The van der Waals surface area contributed by atoms with Gasteiger partial charge in [-0.2, -0.15) is 0 Å². The molecule has 0 aliphatic carbocycles. The van der Waals surface area contributed by atoms with Crippen LogP contribution in [0.15, 0.2) is 54.6 Å². The minimum Gasteiger partial charge on any atom is -0.481 e. The first-order valence-corrected chi connectivity index (χ1v) is 16.1. The lowest BCUT2D eigenvalue weighted by atomic mass is 10.0. The molecule has 4 unspecified atom stereocenters. The third kappa shape index (κ3) is 10.8. The van der Waals surface area contributed by atoms with E-state index in [2.05, 4.69) is 10.6 Å². The SMILES string of the molecule is CC(NC(=O)CCC(=O)O)C(=O)NC(Cc1ccccc1)C(=O)N1CCCC1C(=O)N(c1ccc([N+](=O)[O-])cc1)C(CCCCN)C(N)=O. The minimum absolute atomic E-state index is 0.0531. The van der Waals surface area contributed by atoms with Gasteiger partial charge in [-0.3, -0.25) is 43.8 Å².